The number of hydrogen-bond acceptors (Lipinski definition) is 0. The third-order valence-electron chi connectivity index (χ3n) is 7.47. The van der Waals surface area contributed by atoms with Gasteiger partial charge in [-0.05, 0) is 24.3 Å². The first-order valence-corrected chi connectivity index (χ1v) is 10.1. The van der Waals surface area contributed by atoms with E-state index in [1.807, 2.05) is 0 Å². The molecule has 4 heterocycles. The minimum atomic E-state index is -4.29. The molecule has 2 aromatic rings. The van der Waals surface area contributed by atoms with E-state index in [-0.39, 0.29) is 0 Å². The van der Waals surface area contributed by atoms with E-state index in [0.29, 0.717) is 11.6 Å². The van der Waals surface area contributed by atoms with Gasteiger partial charge < -0.3 is 4.48 Å². The predicted octanol–water partition coefficient (Wildman–Crippen LogP) is 5.99. The lowest BCUT2D eigenvalue weighted by atomic mass is 9.14. The molecule has 3 aliphatic rings. The van der Waals surface area contributed by atoms with Crippen LogP contribution in [-0.2, 0) is 6.18 Å². The lowest BCUT2D eigenvalue weighted by Gasteiger charge is -2.53. The Bertz CT molecular complexity index is 879. The van der Waals surface area contributed by atoms with Crippen LogP contribution in [0, 0.1) is 0 Å². The molecule has 5 heteroatoms. The number of nitrogens with zero attached hydrogens (tertiary/aromatic N) is 1. The van der Waals surface area contributed by atoms with Crippen molar-refractivity contribution in [2.24, 2.45) is 0 Å². The zero-order valence-corrected chi connectivity index (χ0v) is 15.3. The number of hydrogen-bond donors (Lipinski definition) is 0. The van der Waals surface area contributed by atoms with Gasteiger partial charge in [-0.1, -0.05) is 73.9 Å². The molecule has 1 aromatic carbocycles. The summed E-state index contributed by atoms with van der Waals surface area (Å²) in [6.07, 6.45) is 6.70. The van der Waals surface area contributed by atoms with Crippen molar-refractivity contribution in [2.75, 3.05) is 0 Å². The van der Waals surface area contributed by atoms with Crippen LogP contribution in [0.15, 0.2) is 48.7 Å². The van der Waals surface area contributed by atoms with E-state index in [4.69, 9.17) is 0 Å². The van der Waals surface area contributed by atoms with Crippen LogP contribution >= 0.6 is 0 Å². The number of halogens is 3. The van der Waals surface area contributed by atoms with Crippen molar-refractivity contribution in [2.45, 2.75) is 56.3 Å². The Balaban J connectivity index is 1.67. The van der Waals surface area contributed by atoms with E-state index >= 15 is 0 Å². The Morgan fingerprint density at radius 2 is 1.48 bits per heavy atom. The fraction of sp³-hybridized carbons (Fsp3) is 0.409. The first kappa shape index (κ1) is 17.1. The Kier molecular flexibility index (Phi) is 3.79. The molecule has 140 valence electrons. The molecule has 3 aliphatic heterocycles. The second-order valence-corrected chi connectivity index (χ2v) is 8.54. The second-order valence-electron chi connectivity index (χ2n) is 8.54. The summed E-state index contributed by atoms with van der Waals surface area (Å²) >= 11 is 0. The summed E-state index contributed by atoms with van der Waals surface area (Å²) in [5.74, 6) is 1.25. The van der Waals surface area contributed by atoms with Crippen molar-refractivity contribution in [1.29, 1.82) is 0 Å². The standard InChI is InChI=1S/C22H23BF3N/c24-22(25,26)17-12-10-16(11-13-17)21-15-20-9-1-2-14-27(20)23(21)18-5-3-6-19(23)8-4-7-18/h1-2,9-15,18-19H,3-8H2. The average molecular weight is 369 g/mol. The Morgan fingerprint density at radius 3 is 2.07 bits per heavy atom. The molecule has 2 fully saturated rings. The van der Waals surface area contributed by atoms with E-state index in [2.05, 4.69) is 35.0 Å². The molecular formula is C22H23BF3N. The summed E-state index contributed by atoms with van der Waals surface area (Å²) < 4.78 is 41.6. The van der Waals surface area contributed by atoms with Crippen LogP contribution in [0.3, 0.4) is 0 Å². The van der Waals surface area contributed by atoms with Crippen LogP contribution in [-0.4, -0.2) is 6.28 Å². The van der Waals surface area contributed by atoms with Crippen molar-refractivity contribution in [3.8, 4) is 0 Å². The summed E-state index contributed by atoms with van der Waals surface area (Å²) in [6.45, 7) is 0. The molecule has 2 saturated heterocycles. The average Bonchev–Trinajstić information content (AvgIpc) is 2.96. The normalized spacial score (nSPS) is 29.5. The largest absolute Gasteiger partial charge is 0.416 e. The zero-order chi connectivity index (χ0) is 18.6. The fourth-order valence-corrected chi connectivity index (χ4v) is 6.56. The van der Waals surface area contributed by atoms with E-state index in [0.717, 1.165) is 5.56 Å². The molecule has 0 atom stereocenters. The topological polar surface area (TPSA) is 3.88 Å². The van der Waals surface area contributed by atoms with Gasteiger partial charge in [-0.2, -0.15) is 13.2 Å². The zero-order valence-electron chi connectivity index (χ0n) is 15.3. The second kappa shape index (κ2) is 5.98. The van der Waals surface area contributed by atoms with Crippen molar-refractivity contribution in [3.05, 3.63) is 65.5 Å². The first-order valence-electron chi connectivity index (χ1n) is 10.1. The summed E-state index contributed by atoms with van der Waals surface area (Å²) in [7, 11) is 0. The highest BCUT2D eigenvalue weighted by molar-refractivity contribution is 6.94. The van der Waals surface area contributed by atoms with E-state index in [1.165, 1.54) is 61.8 Å². The highest BCUT2D eigenvalue weighted by atomic mass is 19.4. The summed E-state index contributed by atoms with van der Waals surface area (Å²) in [4.78, 5) is 0. The highest BCUT2D eigenvalue weighted by Gasteiger charge is 2.58. The molecule has 0 amide bonds. The van der Waals surface area contributed by atoms with Crippen LogP contribution in [0.25, 0.3) is 11.5 Å². The van der Waals surface area contributed by atoms with Gasteiger partial charge in [0, 0.05) is 6.07 Å². The smallest absolute Gasteiger partial charge is 0.416 e. The van der Waals surface area contributed by atoms with Gasteiger partial charge in [-0.3, -0.25) is 0 Å². The molecule has 0 aliphatic carbocycles. The molecule has 1 aromatic heterocycles. The lowest BCUT2D eigenvalue weighted by molar-refractivity contribution is -0.549. The molecule has 0 radical (unpaired) electrons. The maximum atomic E-state index is 13.0. The van der Waals surface area contributed by atoms with Crippen molar-refractivity contribution in [3.63, 3.8) is 0 Å². The molecule has 1 nitrogen and oxygen atoms in total. The molecule has 1 spiro atoms. The number of rotatable bonds is 1. The summed E-state index contributed by atoms with van der Waals surface area (Å²) in [5.41, 5.74) is 2.88. The van der Waals surface area contributed by atoms with Gasteiger partial charge in [0.15, 0.2) is 0 Å². The number of alkyl halides is 3. The minimum Gasteiger partial charge on any atom is -0.416 e. The number of benzene rings is 1. The van der Waals surface area contributed by atoms with Gasteiger partial charge in [0.25, 0.3) is 0 Å². The van der Waals surface area contributed by atoms with Crippen LogP contribution in [0.2, 0.25) is 11.6 Å². The summed E-state index contributed by atoms with van der Waals surface area (Å²) in [5, 5.41) is 0. The number of pyridine rings is 1. The third-order valence-corrected chi connectivity index (χ3v) is 7.47. The lowest BCUT2D eigenvalue weighted by Crippen LogP contribution is -2.71. The van der Waals surface area contributed by atoms with Gasteiger partial charge in [-0.25, -0.2) is 0 Å². The van der Waals surface area contributed by atoms with Crippen molar-refractivity contribution in [1.82, 2.24) is 0 Å². The molecule has 0 saturated carbocycles. The van der Waals surface area contributed by atoms with Crippen LogP contribution in [0.4, 0.5) is 13.2 Å². The SMILES string of the molecule is FC(F)(F)c1ccc(C2=Cc3cccc[n+]3[B-]23C2CCCC3CCC2)cc1. The fourth-order valence-electron chi connectivity index (χ4n) is 6.56. The van der Waals surface area contributed by atoms with E-state index in [1.54, 1.807) is 12.1 Å². The van der Waals surface area contributed by atoms with E-state index < -0.39 is 18.0 Å². The summed E-state index contributed by atoms with van der Waals surface area (Å²) in [6, 6.07) is 12.2. The molecule has 27 heavy (non-hydrogen) atoms. The third kappa shape index (κ3) is 2.43. The molecule has 0 unspecified atom stereocenters. The monoisotopic (exact) mass is 369 g/mol. The molecule has 0 N–H and O–H groups in total. The number of aromatic nitrogens is 1. The van der Waals surface area contributed by atoms with Crippen LogP contribution in [0.1, 0.15) is 55.3 Å². The Morgan fingerprint density at radius 1 is 0.852 bits per heavy atom. The van der Waals surface area contributed by atoms with Gasteiger partial charge in [0.05, 0.1) is 5.56 Å². The Labute approximate surface area is 157 Å². The Hall–Kier alpha value is -2.04. The molecule has 2 bridgehead atoms. The van der Waals surface area contributed by atoms with Crippen LogP contribution in [0.5, 0.6) is 0 Å². The quantitative estimate of drug-likeness (QED) is 0.544. The minimum absolute atomic E-state index is 0.569. The van der Waals surface area contributed by atoms with Crippen molar-refractivity contribution < 1.29 is 17.6 Å². The predicted molar refractivity (Wildman–Crippen MR) is 102 cm³/mol. The molecular weight excluding hydrogens is 346 g/mol. The van der Waals surface area contributed by atoms with Gasteiger partial charge >= 0.3 is 12.5 Å². The van der Waals surface area contributed by atoms with Gasteiger partial charge in [-0.15, -0.1) is 5.47 Å². The maximum Gasteiger partial charge on any atom is 0.416 e. The van der Waals surface area contributed by atoms with Crippen LogP contribution < -0.4 is 4.48 Å². The highest BCUT2D eigenvalue weighted by Crippen LogP contribution is 2.57. The van der Waals surface area contributed by atoms with E-state index in [9.17, 15) is 13.2 Å². The van der Waals surface area contributed by atoms with Crippen molar-refractivity contribution >= 4 is 17.8 Å². The van der Waals surface area contributed by atoms with Gasteiger partial charge in [0.2, 0.25) is 0 Å². The maximum absolute atomic E-state index is 13.0. The molecule has 5 rings (SSSR count). The first-order chi connectivity index (χ1) is 13.0. The number of fused-ring (bicyclic) bond motifs is 1. The van der Waals surface area contributed by atoms with Gasteiger partial charge in [0.1, 0.15) is 11.9 Å².